The molecule has 4 rings (SSSR count). The molecule has 31 heavy (non-hydrogen) atoms. The molecule has 3 aromatic carbocycles. The van der Waals surface area contributed by atoms with Crippen LogP contribution in [0.3, 0.4) is 0 Å². The largest absolute Gasteiger partial charge is 0.307 e. The first-order chi connectivity index (χ1) is 14.8. The summed E-state index contributed by atoms with van der Waals surface area (Å²) in [5, 5.41) is 0. The number of sulfonamides is 1. The van der Waals surface area contributed by atoms with Crippen LogP contribution < -0.4 is 9.21 Å². The van der Waals surface area contributed by atoms with E-state index in [1.54, 1.807) is 23.1 Å². The lowest BCUT2D eigenvalue weighted by Crippen LogP contribution is -2.45. The average Bonchev–Trinajstić information content (AvgIpc) is 3.08. The predicted octanol–water partition coefficient (Wildman–Crippen LogP) is 4.31. The van der Waals surface area contributed by atoms with Gasteiger partial charge < -0.3 is 4.90 Å². The Hall–Kier alpha value is -3.19. The zero-order valence-corrected chi connectivity index (χ0v) is 18.1. The van der Waals surface area contributed by atoms with E-state index in [9.17, 15) is 17.6 Å². The van der Waals surface area contributed by atoms with E-state index in [1.807, 2.05) is 38.1 Å². The van der Waals surface area contributed by atoms with Crippen LogP contribution in [0.5, 0.6) is 0 Å². The molecule has 1 atom stereocenters. The van der Waals surface area contributed by atoms with Gasteiger partial charge in [0.1, 0.15) is 12.4 Å². The van der Waals surface area contributed by atoms with Gasteiger partial charge in [-0.15, -0.1) is 0 Å². The maximum atomic E-state index is 14.7. The SMILES string of the molecule is Cc1ccc(S(=O)(=O)N(CC(=O)N2c3ccccc3C[C@H]2C)c2ccccc2F)cc1. The number of aryl methyl sites for hydroxylation is 1. The van der Waals surface area contributed by atoms with Crippen LogP contribution in [0.15, 0.2) is 77.7 Å². The lowest BCUT2D eigenvalue weighted by atomic mass is 10.1. The number of halogens is 1. The van der Waals surface area contributed by atoms with Gasteiger partial charge in [0.15, 0.2) is 0 Å². The topological polar surface area (TPSA) is 57.7 Å². The summed E-state index contributed by atoms with van der Waals surface area (Å²) in [4.78, 5) is 15.0. The number of amides is 1. The van der Waals surface area contributed by atoms with Crippen molar-refractivity contribution in [2.24, 2.45) is 0 Å². The fourth-order valence-corrected chi connectivity index (χ4v) is 5.36. The molecule has 0 unspecified atom stereocenters. The highest BCUT2D eigenvalue weighted by atomic mass is 32.2. The van der Waals surface area contributed by atoms with Crippen molar-refractivity contribution in [3.63, 3.8) is 0 Å². The number of fused-ring (bicyclic) bond motifs is 1. The minimum atomic E-state index is -4.17. The highest BCUT2D eigenvalue weighted by molar-refractivity contribution is 7.92. The van der Waals surface area contributed by atoms with Crippen LogP contribution in [-0.2, 0) is 21.2 Å². The summed E-state index contributed by atoms with van der Waals surface area (Å²) < 4.78 is 42.5. The molecule has 0 fully saturated rings. The second kappa shape index (κ2) is 8.15. The maximum Gasteiger partial charge on any atom is 0.264 e. The Morgan fingerprint density at radius 1 is 1.03 bits per heavy atom. The van der Waals surface area contributed by atoms with E-state index in [1.165, 1.54) is 30.3 Å². The van der Waals surface area contributed by atoms with Crippen molar-refractivity contribution >= 4 is 27.3 Å². The van der Waals surface area contributed by atoms with Crippen LogP contribution in [0.2, 0.25) is 0 Å². The summed E-state index contributed by atoms with van der Waals surface area (Å²) in [5.74, 6) is -1.11. The molecule has 0 N–H and O–H groups in total. The van der Waals surface area contributed by atoms with Gasteiger partial charge in [-0.3, -0.25) is 9.10 Å². The Morgan fingerprint density at radius 3 is 2.39 bits per heavy atom. The molecular formula is C24H23FN2O3S. The average molecular weight is 439 g/mol. The third-order valence-electron chi connectivity index (χ3n) is 5.48. The van der Waals surface area contributed by atoms with Gasteiger partial charge in [-0.05, 0) is 56.2 Å². The highest BCUT2D eigenvalue weighted by Crippen LogP contribution is 2.33. The second-order valence-electron chi connectivity index (χ2n) is 7.72. The number of carbonyl (C=O) groups excluding carboxylic acids is 1. The highest BCUT2D eigenvalue weighted by Gasteiger charge is 2.35. The van der Waals surface area contributed by atoms with Gasteiger partial charge in [0.05, 0.1) is 10.6 Å². The number of rotatable bonds is 5. The normalized spacial score (nSPS) is 15.6. The summed E-state index contributed by atoms with van der Waals surface area (Å²) in [6.45, 7) is 3.26. The lowest BCUT2D eigenvalue weighted by molar-refractivity contribution is -0.117. The zero-order valence-electron chi connectivity index (χ0n) is 17.3. The predicted molar refractivity (Wildman–Crippen MR) is 119 cm³/mol. The van der Waals surface area contributed by atoms with Gasteiger partial charge in [-0.2, -0.15) is 0 Å². The molecule has 1 aliphatic rings. The molecule has 1 amide bonds. The van der Waals surface area contributed by atoms with E-state index in [4.69, 9.17) is 0 Å². The van der Waals surface area contributed by atoms with Crippen molar-refractivity contribution in [2.75, 3.05) is 15.7 Å². The van der Waals surface area contributed by atoms with Crippen LogP contribution in [-0.4, -0.2) is 26.9 Å². The van der Waals surface area contributed by atoms with Crippen molar-refractivity contribution in [1.29, 1.82) is 0 Å². The molecule has 0 saturated heterocycles. The number of para-hydroxylation sites is 2. The van der Waals surface area contributed by atoms with Gasteiger partial charge in [0, 0.05) is 11.7 Å². The Labute approximate surface area is 181 Å². The van der Waals surface area contributed by atoms with Crippen LogP contribution >= 0.6 is 0 Å². The minimum absolute atomic E-state index is 0.00373. The fourth-order valence-electron chi connectivity index (χ4n) is 3.94. The number of benzene rings is 3. The lowest BCUT2D eigenvalue weighted by Gasteiger charge is -2.29. The summed E-state index contributed by atoms with van der Waals surface area (Å²) in [5.41, 5.74) is 2.54. The number of hydrogen-bond acceptors (Lipinski definition) is 3. The minimum Gasteiger partial charge on any atom is -0.307 e. The molecule has 160 valence electrons. The van der Waals surface area contributed by atoms with Crippen LogP contribution in [0.4, 0.5) is 15.8 Å². The van der Waals surface area contributed by atoms with Crippen LogP contribution in [0.1, 0.15) is 18.1 Å². The molecule has 0 radical (unpaired) electrons. The summed E-state index contributed by atoms with van der Waals surface area (Å²) in [6.07, 6.45) is 0.687. The first kappa shape index (κ1) is 21.1. The van der Waals surface area contributed by atoms with Gasteiger partial charge in [0.25, 0.3) is 10.0 Å². The molecule has 3 aromatic rings. The third kappa shape index (κ3) is 3.93. The van der Waals surface area contributed by atoms with Crippen molar-refractivity contribution in [3.8, 4) is 0 Å². The van der Waals surface area contributed by atoms with Crippen LogP contribution in [0.25, 0.3) is 0 Å². The Balaban J connectivity index is 1.75. The quantitative estimate of drug-likeness (QED) is 0.597. The van der Waals surface area contributed by atoms with Gasteiger partial charge in [-0.25, -0.2) is 12.8 Å². The Bertz CT molecular complexity index is 1230. The van der Waals surface area contributed by atoms with Crippen molar-refractivity contribution in [2.45, 2.75) is 31.2 Å². The maximum absolute atomic E-state index is 14.7. The standard InChI is InChI=1S/C24H23FN2O3S/c1-17-11-13-20(14-12-17)31(29,30)26(23-10-6-4-8-21(23)25)16-24(28)27-18(2)15-19-7-3-5-9-22(19)27/h3-14,18H,15-16H2,1-2H3/t18-/m1/s1. The number of hydrogen-bond donors (Lipinski definition) is 0. The molecule has 5 nitrogen and oxygen atoms in total. The van der Waals surface area contributed by atoms with E-state index in [0.717, 1.165) is 21.1 Å². The first-order valence-electron chi connectivity index (χ1n) is 10.0. The molecule has 0 spiro atoms. The summed E-state index contributed by atoms with van der Waals surface area (Å²) in [6, 6.07) is 19.3. The Kier molecular flexibility index (Phi) is 5.54. The third-order valence-corrected chi connectivity index (χ3v) is 7.26. The van der Waals surface area contributed by atoms with Gasteiger partial charge in [-0.1, -0.05) is 48.0 Å². The number of anilines is 2. The summed E-state index contributed by atoms with van der Waals surface area (Å²) >= 11 is 0. The Morgan fingerprint density at radius 2 is 1.68 bits per heavy atom. The van der Waals surface area contributed by atoms with E-state index in [2.05, 4.69) is 0 Å². The van der Waals surface area contributed by atoms with Gasteiger partial charge in [0.2, 0.25) is 5.91 Å². The van der Waals surface area contributed by atoms with Gasteiger partial charge >= 0.3 is 0 Å². The molecule has 1 aliphatic heterocycles. The van der Waals surface area contributed by atoms with Crippen molar-refractivity contribution in [1.82, 2.24) is 0 Å². The molecule has 7 heteroatoms. The van der Waals surface area contributed by atoms with Crippen molar-refractivity contribution < 1.29 is 17.6 Å². The van der Waals surface area contributed by atoms with E-state index < -0.39 is 28.3 Å². The second-order valence-corrected chi connectivity index (χ2v) is 9.58. The van der Waals surface area contributed by atoms with E-state index in [0.29, 0.717) is 6.42 Å². The summed E-state index contributed by atoms with van der Waals surface area (Å²) in [7, 11) is -4.17. The molecular weight excluding hydrogens is 415 g/mol. The smallest absolute Gasteiger partial charge is 0.264 e. The zero-order chi connectivity index (χ0) is 22.2. The van der Waals surface area contributed by atoms with E-state index >= 15 is 0 Å². The molecule has 0 bridgehead atoms. The van der Waals surface area contributed by atoms with E-state index in [-0.39, 0.29) is 16.6 Å². The number of nitrogens with zero attached hydrogens (tertiary/aromatic N) is 2. The molecule has 0 aliphatic carbocycles. The fraction of sp³-hybridized carbons (Fsp3) is 0.208. The van der Waals surface area contributed by atoms with Crippen LogP contribution in [0, 0.1) is 12.7 Å². The monoisotopic (exact) mass is 438 g/mol. The van der Waals surface area contributed by atoms with Crippen molar-refractivity contribution in [3.05, 3.63) is 89.7 Å². The first-order valence-corrected chi connectivity index (χ1v) is 11.5. The number of carbonyl (C=O) groups is 1. The molecule has 0 saturated carbocycles. The molecule has 1 heterocycles. The molecule has 0 aromatic heterocycles.